The lowest BCUT2D eigenvalue weighted by molar-refractivity contribution is -0.385. The molecule has 2 rings (SSSR count). The third-order valence-corrected chi connectivity index (χ3v) is 6.67. The summed E-state index contributed by atoms with van der Waals surface area (Å²) in [4.78, 5) is 22.6. The summed E-state index contributed by atoms with van der Waals surface area (Å²) in [5, 5.41) is 13.8. The average molecular weight is 456 g/mol. The number of ether oxygens (including phenoxy) is 1. The minimum absolute atomic E-state index is 0.0165. The standard InChI is InChI=1S/C19H22ClN3O6S/c1-4-22(5-2)30(27,28)18-11-14(20)9-10-17(18)29-12-19(24)21-15-7-6-8-16(13(15)3)23(25)26/h6-11H,4-5,12H2,1-3H3,(H,21,24). The minimum atomic E-state index is -3.87. The predicted molar refractivity (Wildman–Crippen MR) is 114 cm³/mol. The van der Waals surface area contributed by atoms with Crippen LogP contribution < -0.4 is 10.1 Å². The highest BCUT2D eigenvalue weighted by Crippen LogP contribution is 2.30. The second-order valence-electron chi connectivity index (χ2n) is 6.22. The van der Waals surface area contributed by atoms with Crippen LogP contribution in [0.25, 0.3) is 0 Å². The molecule has 0 aromatic heterocycles. The van der Waals surface area contributed by atoms with Gasteiger partial charge in [-0.05, 0) is 31.2 Å². The van der Waals surface area contributed by atoms with E-state index in [2.05, 4.69) is 5.32 Å². The molecule has 0 heterocycles. The summed E-state index contributed by atoms with van der Waals surface area (Å²) in [6, 6.07) is 8.42. The average Bonchev–Trinajstić information content (AvgIpc) is 2.69. The Bertz CT molecular complexity index is 1050. The molecule has 0 unspecified atom stereocenters. The molecule has 0 aliphatic heterocycles. The van der Waals surface area contributed by atoms with Crippen LogP contribution in [0.4, 0.5) is 11.4 Å². The zero-order chi connectivity index (χ0) is 22.5. The van der Waals surface area contributed by atoms with Crippen molar-refractivity contribution >= 4 is 38.9 Å². The number of carbonyl (C=O) groups excluding carboxylic acids is 1. The molecule has 2 aromatic rings. The van der Waals surface area contributed by atoms with Crippen LogP contribution in [-0.2, 0) is 14.8 Å². The van der Waals surface area contributed by atoms with E-state index in [4.69, 9.17) is 16.3 Å². The molecule has 1 amide bonds. The van der Waals surface area contributed by atoms with Gasteiger partial charge in [0, 0.05) is 24.2 Å². The van der Waals surface area contributed by atoms with Crippen LogP contribution in [0.1, 0.15) is 19.4 Å². The van der Waals surface area contributed by atoms with E-state index in [0.717, 1.165) is 0 Å². The van der Waals surface area contributed by atoms with Gasteiger partial charge >= 0.3 is 0 Å². The number of anilines is 1. The summed E-state index contributed by atoms with van der Waals surface area (Å²) < 4.78 is 32.5. The monoisotopic (exact) mass is 455 g/mol. The fourth-order valence-corrected chi connectivity index (χ4v) is 4.64. The van der Waals surface area contributed by atoms with Crippen LogP contribution in [0.3, 0.4) is 0 Å². The summed E-state index contributed by atoms with van der Waals surface area (Å²) in [6.45, 7) is 4.96. The van der Waals surface area contributed by atoms with Gasteiger partial charge in [0.05, 0.1) is 16.2 Å². The van der Waals surface area contributed by atoms with Crippen molar-refractivity contribution < 1.29 is 22.9 Å². The van der Waals surface area contributed by atoms with Gasteiger partial charge < -0.3 is 10.1 Å². The summed E-state index contributed by atoms with van der Waals surface area (Å²) >= 11 is 5.97. The Morgan fingerprint density at radius 1 is 1.23 bits per heavy atom. The van der Waals surface area contributed by atoms with E-state index < -0.39 is 27.5 Å². The number of rotatable bonds is 9. The fraction of sp³-hybridized carbons (Fsp3) is 0.316. The first-order valence-corrected chi connectivity index (χ1v) is 10.9. The number of hydrogen-bond donors (Lipinski definition) is 1. The summed E-state index contributed by atoms with van der Waals surface area (Å²) in [5.74, 6) is -0.614. The van der Waals surface area contributed by atoms with Crippen LogP contribution in [0.5, 0.6) is 5.75 Å². The Balaban J connectivity index is 2.22. The van der Waals surface area contributed by atoms with E-state index >= 15 is 0 Å². The van der Waals surface area contributed by atoms with Crippen LogP contribution >= 0.6 is 11.6 Å². The highest BCUT2D eigenvalue weighted by Gasteiger charge is 2.26. The number of amides is 1. The van der Waals surface area contributed by atoms with E-state index in [0.29, 0.717) is 5.56 Å². The number of nitro benzene ring substituents is 1. The Labute approximate surface area is 179 Å². The molecule has 0 atom stereocenters. The Hall–Kier alpha value is -2.69. The Kier molecular flexibility index (Phi) is 7.77. The Morgan fingerprint density at radius 2 is 1.90 bits per heavy atom. The first-order chi connectivity index (χ1) is 14.1. The number of nitrogens with one attached hydrogen (secondary N) is 1. The number of carbonyl (C=O) groups is 1. The molecule has 162 valence electrons. The molecule has 9 nitrogen and oxygen atoms in total. The molecule has 2 aromatic carbocycles. The van der Waals surface area contributed by atoms with Gasteiger partial charge in [0.1, 0.15) is 10.6 Å². The van der Waals surface area contributed by atoms with Crippen molar-refractivity contribution in [2.75, 3.05) is 25.0 Å². The van der Waals surface area contributed by atoms with Gasteiger partial charge in [-0.3, -0.25) is 14.9 Å². The zero-order valence-corrected chi connectivity index (χ0v) is 18.3. The lowest BCUT2D eigenvalue weighted by Gasteiger charge is -2.20. The van der Waals surface area contributed by atoms with E-state index in [-0.39, 0.29) is 40.1 Å². The summed E-state index contributed by atoms with van der Waals surface area (Å²) in [6.07, 6.45) is 0. The normalized spacial score (nSPS) is 11.4. The van der Waals surface area contributed by atoms with Crippen molar-refractivity contribution in [2.24, 2.45) is 0 Å². The molecule has 0 saturated heterocycles. The molecular formula is C19H22ClN3O6S. The smallest absolute Gasteiger partial charge is 0.274 e. The molecule has 0 fully saturated rings. The van der Waals surface area contributed by atoms with E-state index in [1.165, 1.54) is 47.6 Å². The molecule has 0 saturated carbocycles. The molecule has 0 aliphatic carbocycles. The summed E-state index contributed by atoms with van der Waals surface area (Å²) in [7, 11) is -3.87. The van der Waals surface area contributed by atoms with Crippen LogP contribution in [0.2, 0.25) is 5.02 Å². The number of benzene rings is 2. The molecule has 0 spiro atoms. The Morgan fingerprint density at radius 3 is 2.50 bits per heavy atom. The van der Waals surface area contributed by atoms with Gasteiger partial charge in [-0.2, -0.15) is 4.31 Å². The molecule has 0 bridgehead atoms. The second-order valence-corrected chi connectivity index (χ2v) is 8.57. The molecule has 0 aliphatic rings. The van der Waals surface area contributed by atoms with Crippen molar-refractivity contribution in [3.8, 4) is 5.75 Å². The maximum absolute atomic E-state index is 12.9. The topological polar surface area (TPSA) is 119 Å². The third-order valence-electron chi connectivity index (χ3n) is 4.36. The number of nitro groups is 1. The molecule has 11 heteroatoms. The van der Waals surface area contributed by atoms with Gasteiger partial charge in [0.25, 0.3) is 11.6 Å². The molecular weight excluding hydrogens is 434 g/mol. The minimum Gasteiger partial charge on any atom is -0.482 e. The first-order valence-electron chi connectivity index (χ1n) is 9.08. The maximum Gasteiger partial charge on any atom is 0.274 e. The quantitative estimate of drug-likeness (QED) is 0.455. The number of halogens is 1. The largest absolute Gasteiger partial charge is 0.482 e. The van der Waals surface area contributed by atoms with Crippen LogP contribution in [0, 0.1) is 17.0 Å². The van der Waals surface area contributed by atoms with E-state index in [1.54, 1.807) is 13.8 Å². The van der Waals surface area contributed by atoms with E-state index in [1.807, 2.05) is 0 Å². The van der Waals surface area contributed by atoms with Crippen molar-refractivity contribution in [3.05, 3.63) is 57.1 Å². The fourth-order valence-electron chi connectivity index (χ4n) is 2.79. The van der Waals surface area contributed by atoms with Gasteiger partial charge in [0.15, 0.2) is 6.61 Å². The van der Waals surface area contributed by atoms with Crippen molar-refractivity contribution in [1.29, 1.82) is 0 Å². The molecule has 30 heavy (non-hydrogen) atoms. The van der Waals surface area contributed by atoms with Gasteiger partial charge in [-0.1, -0.05) is 31.5 Å². The number of sulfonamides is 1. The molecule has 0 radical (unpaired) electrons. The zero-order valence-electron chi connectivity index (χ0n) is 16.7. The van der Waals surface area contributed by atoms with Crippen molar-refractivity contribution in [1.82, 2.24) is 4.31 Å². The predicted octanol–water partition coefficient (Wildman–Crippen LogP) is 3.60. The highest BCUT2D eigenvalue weighted by atomic mass is 35.5. The first kappa shape index (κ1) is 23.6. The van der Waals surface area contributed by atoms with Crippen molar-refractivity contribution in [2.45, 2.75) is 25.7 Å². The lowest BCUT2D eigenvalue weighted by atomic mass is 10.1. The van der Waals surface area contributed by atoms with Crippen molar-refractivity contribution in [3.63, 3.8) is 0 Å². The van der Waals surface area contributed by atoms with Gasteiger partial charge in [-0.25, -0.2) is 8.42 Å². The number of hydrogen-bond acceptors (Lipinski definition) is 6. The highest BCUT2D eigenvalue weighted by molar-refractivity contribution is 7.89. The maximum atomic E-state index is 12.9. The van der Waals surface area contributed by atoms with Crippen LogP contribution in [0.15, 0.2) is 41.3 Å². The third kappa shape index (κ3) is 5.26. The SMILES string of the molecule is CCN(CC)S(=O)(=O)c1cc(Cl)ccc1OCC(=O)Nc1cccc([N+](=O)[O-])c1C. The van der Waals surface area contributed by atoms with Gasteiger partial charge in [-0.15, -0.1) is 0 Å². The molecule has 1 N–H and O–H groups in total. The number of nitrogens with zero attached hydrogens (tertiary/aromatic N) is 2. The summed E-state index contributed by atoms with van der Waals surface area (Å²) in [5.41, 5.74) is 0.441. The lowest BCUT2D eigenvalue weighted by Crippen LogP contribution is -2.31. The second kappa shape index (κ2) is 9.88. The van der Waals surface area contributed by atoms with E-state index in [9.17, 15) is 23.3 Å². The van der Waals surface area contributed by atoms with Crippen LogP contribution in [-0.4, -0.2) is 43.2 Å². The van der Waals surface area contributed by atoms with Gasteiger partial charge in [0.2, 0.25) is 10.0 Å².